The molecule has 0 aromatic carbocycles. The van der Waals surface area contributed by atoms with Crippen molar-refractivity contribution in [3.63, 3.8) is 0 Å². The van der Waals surface area contributed by atoms with Gasteiger partial charge in [0, 0.05) is 5.41 Å². The van der Waals surface area contributed by atoms with Gasteiger partial charge in [0.2, 0.25) is 0 Å². The van der Waals surface area contributed by atoms with Crippen LogP contribution >= 0.6 is 17.2 Å². The summed E-state index contributed by atoms with van der Waals surface area (Å²) in [6, 6.07) is 0. The molecule has 17 heavy (non-hydrogen) atoms. The summed E-state index contributed by atoms with van der Waals surface area (Å²) in [5, 5.41) is 0. The second kappa shape index (κ2) is 9.54. The van der Waals surface area contributed by atoms with Crippen LogP contribution < -0.4 is 0 Å². The van der Waals surface area contributed by atoms with E-state index in [1.165, 1.54) is 0 Å². The summed E-state index contributed by atoms with van der Waals surface area (Å²) in [7, 11) is -3.64. The van der Waals surface area contributed by atoms with Gasteiger partial charge in [-0.05, 0) is 13.8 Å². The maximum atomic E-state index is 8.67. The molecule has 0 heterocycles. The van der Waals surface area contributed by atoms with E-state index in [1.54, 1.807) is 0 Å². The van der Waals surface area contributed by atoms with Crippen LogP contribution in [0.5, 0.6) is 0 Å². The van der Waals surface area contributed by atoms with Gasteiger partial charge in [-0.15, -0.1) is 0 Å². The van der Waals surface area contributed by atoms with Gasteiger partial charge in [0.15, 0.2) is 0 Å². The first-order valence-corrected chi connectivity index (χ1v) is 7.67. The molecule has 6 nitrogen and oxygen atoms in total. The van der Waals surface area contributed by atoms with Crippen LogP contribution in [0.25, 0.3) is 0 Å². The van der Waals surface area contributed by atoms with Crippen LogP contribution in [-0.2, 0) is 18.1 Å². The Balaban J connectivity index is 3.94. The topological polar surface area (TPSA) is 77.4 Å². The van der Waals surface area contributed by atoms with Crippen LogP contribution in [0.3, 0.4) is 0 Å². The quantitative estimate of drug-likeness (QED) is 0.602. The van der Waals surface area contributed by atoms with E-state index in [0.29, 0.717) is 19.8 Å². The molecule has 0 bridgehead atoms. The van der Waals surface area contributed by atoms with Crippen LogP contribution in [0.2, 0.25) is 0 Å². The first-order chi connectivity index (χ1) is 7.91. The van der Waals surface area contributed by atoms with E-state index in [2.05, 4.69) is 0 Å². The summed E-state index contributed by atoms with van der Waals surface area (Å²) in [4.78, 5) is 17.3. The number of hydrogen-bond donors (Lipinski definition) is 2. The van der Waals surface area contributed by atoms with Crippen molar-refractivity contribution in [2.24, 2.45) is 5.41 Å². The minimum atomic E-state index is -2.32. The second-order valence-corrected chi connectivity index (χ2v) is 6.01. The van der Waals surface area contributed by atoms with Crippen molar-refractivity contribution in [2.75, 3.05) is 26.4 Å². The molecule has 0 aromatic heterocycles. The minimum Gasteiger partial charge on any atom is -0.328 e. The first-order valence-electron chi connectivity index (χ1n) is 5.41. The molecule has 0 fully saturated rings. The molecule has 0 radical (unpaired) electrons. The van der Waals surface area contributed by atoms with Crippen LogP contribution in [0.1, 0.15) is 27.7 Å². The third-order valence-corrected chi connectivity index (χ3v) is 3.24. The summed E-state index contributed by atoms with van der Waals surface area (Å²) in [5.41, 5.74) is -0.333. The van der Waals surface area contributed by atoms with Gasteiger partial charge in [0.05, 0.1) is 26.4 Å². The summed E-state index contributed by atoms with van der Waals surface area (Å²) < 4.78 is 20.9. The highest BCUT2D eigenvalue weighted by atomic mass is 31.2. The summed E-state index contributed by atoms with van der Waals surface area (Å²) >= 11 is 0. The van der Waals surface area contributed by atoms with Gasteiger partial charge in [0.1, 0.15) is 0 Å². The Labute approximate surface area is 105 Å². The molecule has 8 heteroatoms. The molecule has 0 aliphatic rings. The molecular formula is C9H22O6P2. The van der Waals surface area contributed by atoms with E-state index in [4.69, 9.17) is 27.9 Å². The molecule has 0 unspecified atom stereocenters. The van der Waals surface area contributed by atoms with E-state index >= 15 is 0 Å². The van der Waals surface area contributed by atoms with Crippen LogP contribution in [0.15, 0.2) is 0 Å². The average molecular weight is 288 g/mol. The molecule has 0 saturated heterocycles. The second-order valence-electron chi connectivity index (χ2n) is 4.02. The maximum Gasteiger partial charge on any atom is 0.332 e. The third kappa shape index (κ3) is 10.2. The zero-order valence-corrected chi connectivity index (χ0v) is 12.5. The fourth-order valence-electron chi connectivity index (χ4n) is 0.824. The molecule has 0 aliphatic heterocycles. The van der Waals surface area contributed by atoms with Crippen LogP contribution in [-0.4, -0.2) is 36.2 Å². The fraction of sp³-hybridized carbons (Fsp3) is 1.00. The smallest absolute Gasteiger partial charge is 0.328 e. The molecule has 0 atom stereocenters. The Hall–Kier alpha value is 0.620. The standard InChI is InChI=1S/C9H22O6P2/c1-5-12-17(13-6-2)15-8-9(3,4)7-14-16(10)11/h10-11H,5-8H2,1-4H3. The lowest BCUT2D eigenvalue weighted by Crippen LogP contribution is -2.24. The highest BCUT2D eigenvalue weighted by Crippen LogP contribution is 2.41. The Morgan fingerprint density at radius 3 is 1.76 bits per heavy atom. The lowest BCUT2D eigenvalue weighted by Gasteiger charge is -2.26. The summed E-state index contributed by atoms with van der Waals surface area (Å²) in [5.74, 6) is 0. The zero-order chi connectivity index (χ0) is 13.3. The van der Waals surface area contributed by atoms with Crippen molar-refractivity contribution >= 4 is 17.2 Å². The van der Waals surface area contributed by atoms with Crippen molar-refractivity contribution in [2.45, 2.75) is 27.7 Å². The minimum absolute atomic E-state index is 0.202. The Morgan fingerprint density at radius 2 is 1.35 bits per heavy atom. The van der Waals surface area contributed by atoms with Crippen LogP contribution in [0, 0.1) is 5.41 Å². The lowest BCUT2D eigenvalue weighted by atomic mass is 9.97. The van der Waals surface area contributed by atoms with Crippen molar-refractivity contribution in [1.82, 2.24) is 0 Å². The highest BCUT2D eigenvalue weighted by Gasteiger charge is 2.23. The Morgan fingerprint density at radius 1 is 0.882 bits per heavy atom. The van der Waals surface area contributed by atoms with Crippen molar-refractivity contribution in [3.05, 3.63) is 0 Å². The largest absolute Gasteiger partial charge is 0.332 e. The van der Waals surface area contributed by atoms with Gasteiger partial charge >= 0.3 is 17.2 Å². The molecule has 0 spiro atoms. The van der Waals surface area contributed by atoms with Gasteiger partial charge in [-0.3, -0.25) is 0 Å². The summed E-state index contributed by atoms with van der Waals surface area (Å²) in [6.45, 7) is 9.17. The molecule has 0 aromatic rings. The molecule has 0 rings (SSSR count). The summed E-state index contributed by atoms with van der Waals surface area (Å²) in [6.07, 6.45) is 0. The average Bonchev–Trinajstić information content (AvgIpc) is 2.24. The van der Waals surface area contributed by atoms with E-state index in [-0.39, 0.29) is 12.0 Å². The predicted octanol–water partition coefficient (Wildman–Crippen LogP) is 2.56. The van der Waals surface area contributed by atoms with Gasteiger partial charge in [-0.2, -0.15) is 0 Å². The molecule has 0 saturated carbocycles. The molecular weight excluding hydrogens is 266 g/mol. The van der Waals surface area contributed by atoms with Gasteiger partial charge in [-0.1, -0.05) is 13.8 Å². The van der Waals surface area contributed by atoms with Crippen molar-refractivity contribution < 1.29 is 27.9 Å². The highest BCUT2D eigenvalue weighted by molar-refractivity contribution is 7.41. The Bertz CT molecular complexity index is 184. The van der Waals surface area contributed by atoms with E-state index in [1.807, 2.05) is 27.7 Å². The molecule has 2 N–H and O–H groups in total. The first kappa shape index (κ1) is 17.6. The fourth-order valence-corrected chi connectivity index (χ4v) is 2.39. The molecule has 0 aliphatic carbocycles. The van der Waals surface area contributed by atoms with Gasteiger partial charge in [0.25, 0.3) is 0 Å². The normalized spacial score (nSPS) is 12.7. The molecule has 0 amide bonds. The van der Waals surface area contributed by atoms with Gasteiger partial charge < -0.3 is 27.9 Å². The van der Waals surface area contributed by atoms with E-state index in [0.717, 1.165) is 0 Å². The molecule has 104 valence electrons. The Kier molecular flexibility index (Phi) is 9.88. The van der Waals surface area contributed by atoms with Gasteiger partial charge in [-0.25, -0.2) is 0 Å². The monoisotopic (exact) mass is 288 g/mol. The van der Waals surface area contributed by atoms with Crippen molar-refractivity contribution in [1.29, 1.82) is 0 Å². The van der Waals surface area contributed by atoms with Crippen LogP contribution in [0.4, 0.5) is 0 Å². The van der Waals surface area contributed by atoms with E-state index in [9.17, 15) is 0 Å². The maximum absolute atomic E-state index is 8.67. The lowest BCUT2D eigenvalue weighted by molar-refractivity contribution is 0.0799. The van der Waals surface area contributed by atoms with E-state index < -0.39 is 17.2 Å². The number of rotatable bonds is 10. The zero-order valence-electron chi connectivity index (χ0n) is 10.8. The SMILES string of the molecule is CCOP(OCC)OCC(C)(C)COP(O)O. The van der Waals surface area contributed by atoms with Crippen molar-refractivity contribution in [3.8, 4) is 0 Å². The number of hydrogen-bond acceptors (Lipinski definition) is 6. The predicted molar refractivity (Wildman–Crippen MR) is 67.2 cm³/mol. The third-order valence-electron chi connectivity index (χ3n) is 1.60.